The maximum atomic E-state index is 12.6. The number of ether oxygens (including phenoxy) is 1. The van der Waals surface area contributed by atoms with Gasteiger partial charge in [0.1, 0.15) is 5.75 Å². The van der Waals surface area contributed by atoms with Crippen molar-refractivity contribution in [1.29, 1.82) is 0 Å². The highest BCUT2D eigenvalue weighted by Crippen LogP contribution is 2.26. The molecule has 1 fully saturated rings. The smallest absolute Gasteiger partial charge is 0.263 e. The molecule has 1 aromatic carbocycles. The lowest BCUT2D eigenvalue weighted by molar-refractivity contribution is -0.141. The maximum Gasteiger partial charge on any atom is 0.263 e. The van der Waals surface area contributed by atoms with Crippen molar-refractivity contribution in [3.8, 4) is 5.75 Å². The summed E-state index contributed by atoms with van der Waals surface area (Å²) >= 11 is 6.08. The van der Waals surface area contributed by atoms with E-state index in [1.807, 2.05) is 19.1 Å². The summed E-state index contributed by atoms with van der Waals surface area (Å²) in [5.74, 6) is 0.700. The first-order valence-electron chi connectivity index (χ1n) is 7.46. The number of aliphatic hydroxyl groups is 1. The summed E-state index contributed by atoms with van der Waals surface area (Å²) in [5.41, 5.74) is 0. The Kier molecular flexibility index (Phi) is 5.88. The average Bonchev–Trinajstić information content (AvgIpc) is 2.53. The van der Waals surface area contributed by atoms with E-state index in [1.165, 1.54) is 0 Å². The van der Waals surface area contributed by atoms with Gasteiger partial charge < -0.3 is 14.7 Å². The fourth-order valence-electron chi connectivity index (χ4n) is 2.62. The van der Waals surface area contributed by atoms with Gasteiger partial charge in [-0.15, -0.1) is 0 Å². The van der Waals surface area contributed by atoms with E-state index >= 15 is 0 Å². The van der Waals surface area contributed by atoms with E-state index < -0.39 is 6.10 Å². The molecule has 116 valence electrons. The van der Waals surface area contributed by atoms with Crippen LogP contribution in [0.1, 0.15) is 26.2 Å². The molecule has 0 aliphatic carbocycles. The molecule has 0 spiro atoms. The third-order valence-electron chi connectivity index (χ3n) is 3.84. The summed E-state index contributed by atoms with van der Waals surface area (Å²) < 4.78 is 5.79. The summed E-state index contributed by atoms with van der Waals surface area (Å²) in [6.07, 6.45) is 1.97. The van der Waals surface area contributed by atoms with Crippen LogP contribution in [0.4, 0.5) is 0 Å². The van der Waals surface area contributed by atoms with Gasteiger partial charge in [0.15, 0.2) is 6.10 Å². The highest BCUT2D eigenvalue weighted by Gasteiger charge is 2.29. The normalized spacial score (nSPS) is 20.1. The molecule has 21 heavy (non-hydrogen) atoms. The van der Waals surface area contributed by atoms with Gasteiger partial charge in [-0.25, -0.2) is 0 Å². The van der Waals surface area contributed by atoms with Crippen LogP contribution < -0.4 is 4.74 Å². The molecule has 2 atom stereocenters. The molecule has 5 heteroatoms. The Balaban J connectivity index is 2.03. The predicted molar refractivity (Wildman–Crippen MR) is 82.5 cm³/mol. The van der Waals surface area contributed by atoms with E-state index in [0.717, 1.165) is 19.4 Å². The van der Waals surface area contributed by atoms with E-state index in [9.17, 15) is 9.90 Å². The number of carbonyl (C=O) groups excluding carboxylic acids is 1. The number of carbonyl (C=O) groups is 1. The Labute approximate surface area is 130 Å². The summed E-state index contributed by atoms with van der Waals surface area (Å²) in [6, 6.07) is 7.18. The van der Waals surface area contributed by atoms with Gasteiger partial charge in [0, 0.05) is 19.7 Å². The first kappa shape index (κ1) is 16.1. The lowest BCUT2D eigenvalue weighted by atomic mass is 9.98. The van der Waals surface area contributed by atoms with Crippen LogP contribution in [-0.4, -0.2) is 41.7 Å². The highest BCUT2D eigenvalue weighted by molar-refractivity contribution is 6.32. The first-order valence-corrected chi connectivity index (χ1v) is 7.84. The molecule has 0 bridgehead atoms. The summed E-state index contributed by atoms with van der Waals surface area (Å²) in [6.45, 7) is 3.40. The molecule has 2 unspecified atom stereocenters. The van der Waals surface area contributed by atoms with Crippen molar-refractivity contribution < 1.29 is 14.6 Å². The van der Waals surface area contributed by atoms with E-state index in [2.05, 4.69) is 0 Å². The number of hydrogen-bond donors (Lipinski definition) is 1. The average molecular weight is 312 g/mol. The summed E-state index contributed by atoms with van der Waals surface area (Å²) in [4.78, 5) is 14.4. The second-order valence-electron chi connectivity index (χ2n) is 5.42. The number of hydrogen-bond acceptors (Lipinski definition) is 3. The zero-order chi connectivity index (χ0) is 15.2. The van der Waals surface area contributed by atoms with Crippen LogP contribution in [0, 0.1) is 5.92 Å². The highest BCUT2D eigenvalue weighted by atomic mass is 35.5. The third-order valence-corrected chi connectivity index (χ3v) is 4.15. The molecule has 2 rings (SSSR count). The van der Waals surface area contributed by atoms with Gasteiger partial charge in [0.25, 0.3) is 5.91 Å². The Morgan fingerprint density at radius 2 is 2.29 bits per heavy atom. The first-order chi connectivity index (χ1) is 10.2. The van der Waals surface area contributed by atoms with E-state index in [1.54, 1.807) is 17.0 Å². The van der Waals surface area contributed by atoms with Crippen LogP contribution in [0.15, 0.2) is 24.3 Å². The van der Waals surface area contributed by atoms with E-state index in [-0.39, 0.29) is 18.4 Å². The Bertz CT molecular complexity index is 480. The Hall–Kier alpha value is -1.26. The summed E-state index contributed by atoms with van der Waals surface area (Å²) in [7, 11) is 0. The van der Waals surface area contributed by atoms with Gasteiger partial charge in [0.05, 0.1) is 5.02 Å². The van der Waals surface area contributed by atoms with Gasteiger partial charge in [0.2, 0.25) is 0 Å². The largest absolute Gasteiger partial charge is 0.479 e. The number of likely N-dealkylation sites (tertiary alicyclic amines) is 1. The molecule has 1 heterocycles. The Morgan fingerprint density at radius 3 is 2.95 bits per heavy atom. The van der Waals surface area contributed by atoms with Crippen molar-refractivity contribution >= 4 is 17.5 Å². The van der Waals surface area contributed by atoms with E-state index in [4.69, 9.17) is 16.3 Å². The molecule has 0 aromatic heterocycles. The molecule has 1 aromatic rings. The minimum Gasteiger partial charge on any atom is -0.479 e. The van der Waals surface area contributed by atoms with Crippen molar-refractivity contribution in [1.82, 2.24) is 4.90 Å². The predicted octanol–water partition coefficient (Wildman–Crippen LogP) is 2.73. The van der Waals surface area contributed by atoms with Gasteiger partial charge in [-0.2, -0.15) is 0 Å². The van der Waals surface area contributed by atoms with Gasteiger partial charge in [-0.3, -0.25) is 4.79 Å². The second-order valence-corrected chi connectivity index (χ2v) is 5.83. The van der Waals surface area contributed by atoms with Crippen molar-refractivity contribution in [2.45, 2.75) is 32.3 Å². The van der Waals surface area contributed by atoms with Crippen LogP contribution in [0.3, 0.4) is 0 Å². The van der Waals surface area contributed by atoms with Crippen LogP contribution in [0.2, 0.25) is 5.02 Å². The van der Waals surface area contributed by atoms with Crippen molar-refractivity contribution in [3.05, 3.63) is 29.3 Å². The SMILES string of the molecule is CCC(Oc1ccccc1Cl)C(=O)N1CCCC(CO)C1. The molecule has 1 aliphatic rings. The molecule has 0 saturated carbocycles. The van der Waals surface area contributed by atoms with Crippen LogP contribution in [-0.2, 0) is 4.79 Å². The minimum absolute atomic E-state index is 0.0180. The number of nitrogens with zero attached hydrogens (tertiary/aromatic N) is 1. The van der Waals surface area contributed by atoms with Crippen molar-refractivity contribution in [2.24, 2.45) is 5.92 Å². The number of amides is 1. The van der Waals surface area contributed by atoms with Gasteiger partial charge >= 0.3 is 0 Å². The number of para-hydroxylation sites is 1. The molecule has 1 amide bonds. The molecular weight excluding hydrogens is 290 g/mol. The number of piperidine rings is 1. The van der Waals surface area contributed by atoms with Crippen LogP contribution >= 0.6 is 11.6 Å². The Morgan fingerprint density at radius 1 is 1.52 bits per heavy atom. The standard InChI is InChI=1S/C16H22ClNO3/c1-2-14(21-15-8-4-3-7-13(15)17)16(20)18-9-5-6-12(10-18)11-19/h3-4,7-8,12,14,19H,2,5-6,9-11H2,1H3. The minimum atomic E-state index is -0.526. The van der Waals surface area contributed by atoms with Crippen LogP contribution in [0.25, 0.3) is 0 Å². The lowest BCUT2D eigenvalue weighted by Crippen LogP contribution is -2.47. The zero-order valence-electron chi connectivity index (χ0n) is 12.3. The number of halogens is 1. The monoisotopic (exact) mass is 311 g/mol. The number of rotatable bonds is 5. The van der Waals surface area contributed by atoms with Crippen molar-refractivity contribution in [3.63, 3.8) is 0 Å². The molecule has 1 saturated heterocycles. The van der Waals surface area contributed by atoms with Gasteiger partial charge in [-0.05, 0) is 37.3 Å². The second kappa shape index (κ2) is 7.66. The molecule has 1 aliphatic heterocycles. The van der Waals surface area contributed by atoms with Crippen molar-refractivity contribution in [2.75, 3.05) is 19.7 Å². The number of aliphatic hydroxyl groups excluding tert-OH is 1. The van der Waals surface area contributed by atoms with Gasteiger partial charge in [-0.1, -0.05) is 30.7 Å². The zero-order valence-corrected chi connectivity index (χ0v) is 13.1. The summed E-state index contributed by atoms with van der Waals surface area (Å²) in [5, 5.41) is 9.78. The fourth-order valence-corrected chi connectivity index (χ4v) is 2.80. The molecule has 4 nitrogen and oxygen atoms in total. The fraction of sp³-hybridized carbons (Fsp3) is 0.562. The maximum absolute atomic E-state index is 12.6. The van der Waals surface area contributed by atoms with E-state index in [0.29, 0.717) is 23.7 Å². The number of benzene rings is 1. The third kappa shape index (κ3) is 4.11. The molecular formula is C16H22ClNO3. The topological polar surface area (TPSA) is 49.8 Å². The quantitative estimate of drug-likeness (QED) is 0.909. The molecule has 1 N–H and O–H groups in total. The van der Waals surface area contributed by atoms with Crippen LogP contribution in [0.5, 0.6) is 5.75 Å². The molecule has 0 radical (unpaired) electrons. The lowest BCUT2D eigenvalue weighted by Gasteiger charge is -2.34.